The van der Waals surface area contributed by atoms with E-state index in [9.17, 15) is 18.0 Å². The summed E-state index contributed by atoms with van der Waals surface area (Å²) in [5.41, 5.74) is 1.52. The molecule has 0 radical (unpaired) electrons. The van der Waals surface area contributed by atoms with Crippen LogP contribution in [0, 0.1) is 3.57 Å². The van der Waals surface area contributed by atoms with Crippen molar-refractivity contribution >= 4 is 50.1 Å². The van der Waals surface area contributed by atoms with Gasteiger partial charge in [-0.05, 0) is 90.9 Å². The van der Waals surface area contributed by atoms with Gasteiger partial charge >= 0.3 is 0 Å². The number of carbonyl (C=O) groups is 2. The molecule has 0 aliphatic heterocycles. The zero-order valence-electron chi connectivity index (χ0n) is 24.5. The lowest BCUT2D eigenvalue weighted by molar-refractivity contribution is -0.140. The molecule has 7 nitrogen and oxygen atoms in total. The van der Waals surface area contributed by atoms with Crippen molar-refractivity contribution in [3.8, 4) is 0 Å². The van der Waals surface area contributed by atoms with E-state index >= 15 is 0 Å². The first-order valence-electron chi connectivity index (χ1n) is 14.0. The molecule has 0 spiro atoms. The van der Waals surface area contributed by atoms with Gasteiger partial charge in [-0.15, -0.1) is 0 Å². The van der Waals surface area contributed by atoms with Gasteiger partial charge in [-0.2, -0.15) is 0 Å². The zero-order valence-corrected chi connectivity index (χ0v) is 27.5. The van der Waals surface area contributed by atoms with Gasteiger partial charge in [0.05, 0.1) is 10.6 Å². The second-order valence-electron chi connectivity index (χ2n) is 11.3. The highest BCUT2D eigenvalue weighted by Crippen LogP contribution is 2.26. The van der Waals surface area contributed by atoms with Crippen molar-refractivity contribution in [1.29, 1.82) is 0 Å². The molecule has 0 bridgehead atoms. The van der Waals surface area contributed by atoms with Crippen LogP contribution >= 0.6 is 22.6 Å². The average Bonchev–Trinajstić information content (AvgIpc) is 2.98. The molecular weight excluding hydrogens is 673 g/mol. The van der Waals surface area contributed by atoms with Crippen molar-refractivity contribution in [2.24, 2.45) is 0 Å². The molecule has 0 aromatic heterocycles. The Morgan fingerprint density at radius 2 is 1.28 bits per heavy atom. The number of rotatable bonds is 11. The number of carbonyl (C=O) groups excluding carboxylic acids is 2. The molecule has 1 N–H and O–H groups in total. The van der Waals surface area contributed by atoms with Crippen LogP contribution in [0.4, 0.5) is 5.69 Å². The van der Waals surface area contributed by atoms with Crippen LogP contribution in [-0.2, 0) is 32.6 Å². The molecule has 0 heterocycles. The predicted octanol–water partition coefficient (Wildman–Crippen LogP) is 6.04. The summed E-state index contributed by atoms with van der Waals surface area (Å²) >= 11 is 2.15. The molecule has 4 rings (SSSR count). The molecule has 2 amide bonds. The molecule has 1 atom stereocenters. The fourth-order valence-electron chi connectivity index (χ4n) is 4.64. The lowest BCUT2D eigenvalue weighted by Crippen LogP contribution is -2.56. The Balaban J connectivity index is 1.79. The van der Waals surface area contributed by atoms with Crippen LogP contribution in [0.1, 0.15) is 31.9 Å². The largest absolute Gasteiger partial charge is 0.350 e. The van der Waals surface area contributed by atoms with Crippen LogP contribution in [-0.4, -0.2) is 43.3 Å². The van der Waals surface area contributed by atoms with Crippen molar-refractivity contribution in [2.45, 2.75) is 50.2 Å². The Bertz CT molecular complexity index is 1610. The Labute approximate surface area is 268 Å². The maximum absolute atomic E-state index is 14.4. The highest BCUT2D eigenvalue weighted by atomic mass is 127. The highest BCUT2D eigenvalue weighted by Gasteiger charge is 2.35. The van der Waals surface area contributed by atoms with Gasteiger partial charge in [-0.1, -0.05) is 78.9 Å². The van der Waals surface area contributed by atoms with Gasteiger partial charge in [-0.25, -0.2) is 8.42 Å². The van der Waals surface area contributed by atoms with Crippen molar-refractivity contribution in [3.63, 3.8) is 0 Å². The van der Waals surface area contributed by atoms with E-state index in [-0.39, 0.29) is 23.8 Å². The van der Waals surface area contributed by atoms with Gasteiger partial charge in [0.25, 0.3) is 10.0 Å². The van der Waals surface area contributed by atoms with E-state index in [1.54, 1.807) is 42.5 Å². The quantitative estimate of drug-likeness (QED) is 0.193. The van der Waals surface area contributed by atoms with E-state index in [0.717, 1.165) is 19.0 Å². The molecule has 224 valence electrons. The number of nitrogens with zero attached hydrogens (tertiary/aromatic N) is 2. The highest BCUT2D eigenvalue weighted by molar-refractivity contribution is 14.1. The second-order valence-corrected chi connectivity index (χ2v) is 14.4. The summed E-state index contributed by atoms with van der Waals surface area (Å²) < 4.78 is 30.0. The Hall–Kier alpha value is -3.70. The molecule has 0 aliphatic carbocycles. The standard InChI is InChI=1S/C34H36IN3O4S/c1-34(2,3)36-33(40)31(23-26-13-7-4-8-14-26)37(24-27-15-9-5-10-16-27)32(39)25-38(29-21-19-28(35)20-22-29)43(41,42)30-17-11-6-12-18-30/h4-22,31H,23-25H2,1-3H3,(H,36,40). The number of nitrogens with one attached hydrogen (secondary N) is 1. The molecular formula is C34H36IN3O4S. The lowest BCUT2D eigenvalue weighted by Gasteiger charge is -2.35. The predicted molar refractivity (Wildman–Crippen MR) is 179 cm³/mol. The topological polar surface area (TPSA) is 86.8 Å². The fourth-order valence-corrected chi connectivity index (χ4v) is 6.44. The number of amides is 2. The van der Waals surface area contributed by atoms with Gasteiger partial charge in [0.1, 0.15) is 12.6 Å². The van der Waals surface area contributed by atoms with E-state index in [0.29, 0.717) is 5.69 Å². The van der Waals surface area contributed by atoms with Crippen molar-refractivity contribution in [1.82, 2.24) is 10.2 Å². The summed E-state index contributed by atoms with van der Waals surface area (Å²) in [7, 11) is -4.12. The van der Waals surface area contributed by atoms with Crippen molar-refractivity contribution in [3.05, 3.63) is 130 Å². The molecule has 1 unspecified atom stereocenters. The first kappa shape index (κ1) is 32.2. The Morgan fingerprint density at radius 1 is 0.767 bits per heavy atom. The molecule has 9 heteroatoms. The monoisotopic (exact) mass is 709 g/mol. The SMILES string of the molecule is CC(C)(C)NC(=O)C(Cc1ccccc1)N(Cc1ccccc1)C(=O)CN(c1ccc(I)cc1)S(=O)(=O)c1ccccc1. The number of anilines is 1. The summed E-state index contributed by atoms with van der Waals surface area (Å²) in [5, 5.41) is 3.04. The lowest BCUT2D eigenvalue weighted by atomic mass is 10.0. The van der Waals surface area contributed by atoms with Crippen LogP contribution in [0.2, 0.25) is 0 Å². The molecule has 43 heavy (non-hydrogen) atoms. The number of benzene rings is 4. The fraction of sp³-hybridized carbons (Fsp3) is 0.235. The van der Waals surface area contributed by atoms with Gasteiger partial charge in [0.2, 0.25) is 11.8 Å². The van der Waals surface area contributed by atoms with Crippen LogP contribution in [0.3, 0.4) is 0 Å². The van der Waals surface area contributed by atoms with Crippen LogP contribution in [0.15, 0.2) is 120 Å². The van der Waals surface area contributed by atoms with Gasteiger partial charge in [-0.3, -0.25) is 13.9 Å². The van der Waals surface area contributed by atoms with Crippen molar-refractivity contribution in [2.75, 3.05) is 10.8 Å². The smallest absolute Gasteiger partial charge is 0.264 e. The molecule has 4 aromatic rings. The van der Waals surface area contributed by atoms with Crippen LogP contribution in [0.25, 0.3) is 0 Å². The third kappa shape index (κ3) is 8.90. The van der Waals surface area contributed by atoms with E-state index in [1.165, 1.54) is 17.0 Å². The zero-order chi connectivity index (χ0) is 31.0. The van der Waals surface area contributed by atoms with Gasteiger partial charge in [0, 0.05) is 22.1 Å². The summed E-state index contributed by atoms with van der Waals surface area (Å²) in [5.74, 6) is -0.806. The third-order valence-corrected chi connectivity index (χ3v) is 9.20. The normalized spacial score (nSPS) is 12.3. The number of halogens is 1. The second kappa shape index (κ2) is 14.2. The number of sulfonamides is 1. The summed E-state index contributed by atoms with van der Waals surface area (Å²) in [4.78, 5) is 29.9. The Kier molecular flexibility index (Phi) is 10.6. The van der Waals surface area contributed by atoms with E-state index < -0.39 is 34.1 Å². The molecule has 4 aromatic carbocycles. The minimum atomic E-state index is -4.12. The summed E-state index contributed by atoms with van der Waals surface area (Å²) in [6.07, 6.45) is 0.260. The van der Waals surface area contributed by atoms with E-state index in [4.69, 9.17) is 0 Å². The molecule has 0 saturated carbocycles. The maximum atomic E-state index is 14.4. The molecule has 0 saturated heterocycles. The first-order chi connectivity index (χ1) is 20.4. The van der Waals surface area contributed by atoms with Gasteiger partial charge in [0.15, 0.2) is 0 Å². The average molecular weight is 710 g/mol. The molecule has 0 fully saturated rings. The van der Waals surface area contributed by atoms with Crippen LogP contribution < -0.4 is 9.62 Å². The summed E-state index contributed by atoms with van der Waals surface area (Å²) in [6, 6.07) is 33.0. The van der Waals surface area contributed by atoms with Crippen LogP contribution in [0.5, 0.6) is 0 Å². The number of hydrogen-bond acceptors (Lipinski definition) is 4. The van der Waals surface area contributed by atoms with Crippen molar-refractivity contribution < 1.29 is 18.0 Å². The minimum Gasteiger partial charge on any atom is -0.350 e. The summed E-state index contributed by atoms with van der Waals surface area (Å²) in [6.45, 7) is 5.30. The van der Waals surface area contributed by atoms with E-state index in [2.05, 4.69) is 27.9 Å². The minimum absolute atomic E-state index is 0.0715. The third-order valence-electron chi connectivity index (χ3n) is 6.69. The first-order valence-corrected chi connectivity index (χ1v) is 16.5. The van der Waals surface area contributed by atoms with Gasteiger partial charge < -0.3 is 10.2 Å². The molecule has 0 aliphatic rings. The Morgan fingerprint density at radius 3 is 1.81 bits per heavy atom. The van der Waals surface area contributed by atoms with E-state index in [1.807, 2.05) is 81.4 Å². The number of hydrogen-bond donors (Lipinski definition) is 1. The maximum Gasteiger partial charge on any atom is 0.264 e.